The van der Waals surface area contributed by atoms with E-state index in [1.54, 1.807) is 36.1 Å². The van der Waals surface area contributed by atoms with Gasteiger partial charge in [-0.1, -0.05) is 42.3 Å². The molecule has 156 valence electrons. The predicted octanol–water partition coefficient (Wildman–Crippen LogP) is 5.42. The van der Waals surface area contributed by atoms with Gasteiger partial charge < -0.3 is 10.2 Å². The van der Waals surface area contributed by atoms with E-state index in [-0.39, 0.29) is 23.6 Å². The summed E-state index contributed by atoms with van der Waals surface area (Å²) < 4.78 is 0. The minimum atomic E-state index is -0.585. The average molecular weight is 453 g/mol. The number of amides is 2. The third-order valence-electron chi connectivity index (χ3n) is 4.61. The summed E-state index contributed by atoms with van der Waals surface area (Å²) in [5, 5.41) is 4.25. The Balaban J connectivity index is 2.13. The predicted molar refractivity (Wildman–Crippen MR) is 122 cm³/mol. The van der Waals surface area contributed by atoms with Crippen molar-refractivity contribution in [1.82, 2.24) is 10.2 Å². The molecule has 0 unspecified atom stereocenters. The first-order valence-electron chi connectivity index (χ1n) is 9.52. The maximum atomic E-state index is 13.0. The zero-order valence-corrected chi connectivity index (χ0v) is 19.2. The van der Waals surface area contributed by atoms with Gasteiger partial charge in [-0.3, -0.25) is 9.59 Å². The molecule has 0 bridgehead atoms. The van der Waals surface area contributed by atoms with Crippen molar-refractivity contribution in [2.24, 2.45) is 0 Å². The maximum absolute atomic E-state index is 13.0. The van der Waals surface area contributed by atoms with Crippen LogP contribution in [0.2, 0.25) is 10.0 Å². The Morgan fingerprint density at radius 1 is 1.00 bits per heavy atom. The van der Waals surface area contributed by atoms with Crippen molar-refractivity contribution >= 4 is 46.8 Å². The van der Waals surface area contributed by atoms with Gasteiger partial charge in [0, 0.05) is 27.5 Å². The number of halogens is 2. The van der Waals surface area contributed by atoms with Gasteiger partial charge in [0.05, 0.1) is 5.75 Å². The second kappa shape index (κ2) is 11.5. The van der Waals surface area contributed by atoms with Crippen LogP contribution in [0, 0.1) is 0 Å². The van der Waals surface area contributed by atoms with Gasteiger partial charge in [0.15, 0.2) is 0 Å². The molecule has 4 nitrogen and oxygen atoms in total. The molecule has 0 aliphatic heterocycles. The first kappa shape index (κ1) is 23.6. The molecule has 0 heterocycles. The molecule has 29 heavy (non-hydrogen) atoms. The third kappa shape index (κ3) is 7.57. The van der Waals surface area contributed by atoms with E-state index in [1.165, 1.54) is 11.8 Å². The lowest BCUT2D eigenvalue weighted by atomic mass is 10.1. The highest BCUT2D eigenvalue weighted by molar-refractivity contribution is 8.00. The van der Waals surface area contributed by atoms with Crippen LogP contribution in [0.4, 0.5) is 0 Å². The Hall–Kier alpha value is -1.69. The number of nitrogens with zero attached hydrogens (tertiary/aromatic N) is 1. The van der Waals surface area contributed by atoms with Crippen LogP contribution < -0.4 is 5.32 Å². The summed E-state index contributed by atoms with van der Waals surface area (Å²) in [5.74, 6) is -0.0271. The topological polar surface area (TPSA) is 49.4 Å². The van der Waals surface area contributed by atoms with Gasteiger partial charge >= 0.3 is 0 Å². The van der Waals surface area contributed by atoms with E-state index in [4.69, 9.17) is 23.2 Å². The second-order valence-electron chi connectivity index (χ2n) is 6.88. The van der Waals surface area contributed by atoms with Crippen molar-refractivity contribution in [1.29, 1.82) is 0 Å². The minimum Gasteiger partial charge on any atom is -0.352 e. The maximum Gasteiger partial charge on any atom is 0.242 e. The summed E-state index contributed by atoms with van der Waals surface area (Å²) in [7, 11) is 0. The van der Waals surface area contributed by atoms with Gasteiger partial charge in [0.25, 0.3) is 0 Å². The zero-order chi connectivity index (χ0) is 21.4. The Kier molecular flexibility index (Phi) is 9.34. The smallest absolute Gasteiger partial charge is 0.242 e. The van der Waals surface area contributed by atoms with Crippen LogP contribution in [-0.2, 0) is 16.1 Å². The van der Waals surface area contributed by atoms with Gasteiger partial charge in [-0.2, -0.15) is 0 Å². The molecule has 0 fully saturated rings. The lowest BCUT2D eigenvalue weighted by Crippen LogP contribution is -2.50. The van der Waals surface area contributed by atoms with Crippen LogP contribution in [-0.4, -0.2) is 34.6 Å². The summed E-state index contributed by atoms with van der Waals surface area (Å²) in [6, 6.07) is 14.1. The molecule has 0 saturated heterocycles. The third-order valence-corrected chi connectivity index (χ3v) is 6.11. The molecule has 2 rings (SSSR count). The van der Waals surface area contributed by atoms with E-state index in [0.29, 0.717) is 16.6 Å². The monoisotopic (exact) mass is 452 g/mol. The van der Waals surface area contributed by atoms with E-state index in [1.807, 2.05) is 38.1 Å². The fourth-order valence-corrected chi connectivity index (χ4v) is 3.63. The molecular formula is C22H26Cl2N2O2S. The average Bonchev–Trinajstić information content (AvgIpc) is 2.72. The Labute approximate surface area is 187 Å². The fourth-order valence-electron chi connectivity index (χ4n) is 2.59. The lowest BCUT2D eigenvalue weighted by molar-refractivity contribution is -0.138. The van der Waals surface area contributed by atoms with E-state index in [9.17, 15) is 9.59 Å². The molecular weight excluding hydrogens is 427 g/mol. The molecule has 2 amide bonds. The van der Waals surface area contributed by atoms with Crippen LogP contribution in [0.15, 0.2) is 53.4 Å². The van der Waals surface area contributed by atoms with E-state index in [2.05, 4.69) is 5.32 Å². The molecule has 0 radical (unpaired) electrons. The quantitative estimate of drug-likeness (QED) is 0.516. The number of carbonyl (C=O) groups is 2. The summed E-state index contributed by atoms with van der Waals surface area (Å²) in [4.78, 5) is 28.3. The van der Waals surface area contributed by atoms with Crippen molar-refractivity contribution in [2.75, 3.05) is 5.75 Å². The molecule has 0 saturated carbocycles. The molecule has 0 aliphatic rings. The number of hydrogen-bond donors (Lipinski definition) is 1. The van der Waals surface area contributed by atoms with Crippen molar-refractivity contribution < 1.29 is 9.59 Å². The summed E-state index contributed by atoms with van der Waals surface area (Å²) in [6.07, 6.45) is 0.829. The van der Waals surface area contributed by atoms with Crippen LogP contribution >= 0.6 is 35.0 Å². The number of thioether (sulfide) groups is 1. The van der Waals surface area contributed by atoms with Crippen molar-refractivity contribution in [3.05, 3.63) is 64.1 Å². The SMILES string of the molecule is CC[C@@H](C)NC(=O)[C@H](C)N(Cc1ccc(Cl)cc1)C(=O)CSc1ccc(Cl)cc1. The second-order valence-corrected chi connectivity index (χ2v) is 8.81. The van der Waals surface area contributed by atoms with Crippen LogP contribution in [0.5, 0.6) is 0 Å². The Morgan fingerprint density at radius 3 is 2.10 bits per heavy atom. The van der Waals surface area contributed by atoms with Gasteiger partial charge in [-0.25, -0.2) is 0 Å². The van der Waals surface area contributed by atoms with Crippen molar-refractivity contribution in [3.63, 3.8) is 0 Å². The Bertz CT molecular complexity index is 813. The zero-order valence-electron chi connectivity index (χ0n) is 16.8. The number of benzene rings is 2. The molecule has 1 N–H and O–H groups in total. The normalized spacial score (nSPS) is 12.9. The highest BCUT2D eigenvalue weighted by Gasteiger charge is 2.26. The molecule has 2 atom stereocenters. The fraction of sp³-hybridized carbons (Fsp3) is 0.364. The highest BCUT2D eigenvalue weighted by atomic mass is 35.5. The van der Waals surface area contributed by atoms with Gasteiger partial charge in [-0.05, 0) is 62.2 Å². The lowest BCUT2D eigenvalue weighted by Gasteiger charge is -2.29. The summed E-state index contributed by atoms with van der Waals surface area (Å²) in [6.45, 7) is 6.06. The molecule has 2 aromatic carbocycles. The van der Waals surface area contributed by atoms with Crippen LogP contribution in [0.1, 0.15) is 32.8 Å². The van der Waals surface area contributed by atoms with Crippen molar-refractivity contribution in [3.8, 4) is 0 Å². The number of nitrogens with one attached hydrogen (secondary N) is 1. The molecule has 0 aromatic heterocycles. The summed E-state index contributed by atoms with van der Waals surface area (Å²) >= 11 is 13.3. The highest BCUT2D eigenvalue weighted by Crippen LogP contribution is 2.22. The van der Waals surface area contributed by atoms with Gasteiger partial charge in [0.2, 0.25) is 11.8 Å². The van der Waals surface area contributed by atoms with Gasteiger partial charge in [0.1, 0.15) is 6.04 Å². The Morgan fingerprint density at radius 2 is 1.55 bits per heavy atom. The standard InChI is InChI=1S/C22H26Cl2N2O2S/c1-4-15(2)25-22(28)16(3)26(13-17-5-7-18(23)8-6-17)21(27)14-29-20-11-9-19(24)10-12-20/h5-12,15-16H,4,13-14H2,1-3H3,(H,25,28)/t15-,16+/m1/s1. The van der Waals surface area contributed by atoms with Crippen LogP contribution in [0.25, 0.3) is 0 Å². The minimum absolute atomic E-state index is 0.0564. The first-order valence-corrected chi connectivity index (χ1v) is 11.3. The number of rotatable bonds is 9. The molecule has 2 aromatic rings. The molecule has 0 aliphatic carbocycles. The molecule has 7 heteroatoms. The number of carbonyl (C=O) groups excluding carboxylic acids is 2. The molecule has 0 spiro atoms. The van der Waals surface area contributed by atoms with E-state index in [0.717, 1.165) is 16.9 Å². The van der Waals surface area contributed by atoms with E-state index < -0.39 is 6.04 Å². The van der Waals surface area contributed by atoms with Crippen molar-refractivity contribution in [2.45, 2.75) is 50.7 Å². The first-order chi connectivity index (χ1) is 13.8. The van der Waals surface area contributed by atoms with E-state index >= 15 is 0 Å². The van der Waals surface area contributed by atoms with Crippen LogP contribution in [0.3, 0.4) is 0 Å². The van der Waals surface area contributed by atoms with Gasteiger partial charge in [-0.15, -0.1) is 11.8 Å². The summed E-state index contributed by atoms with van der Waals surface area (Å²) in [5.41, 5.74) is 0.919. The number of hydrogen-bond acceptors (Lipinski definition) is 3. The largest absolute Gasteiger partial charge is 0.352 e.